The van der Waals surface area contributed by atoms with Gasteiger partial charge in [-0.2, -0.15) is 0 Å². The molecule has 14 heavy (non-hydrogen) atoms. The number of para-hydroxylation sites is 1. The first kappa shape index (κ1) is 13.7. The van der Waals surface area contributed by atoms with Crippen LogP contribution >= 0.6 is 0 Å². The average molecular weight is 224 g/mol. The Kier molecular flexibility index (Phi) is 6.14. The summed E-state index contributed by atoms with van der Waals surface area (Å²) in [5, 5.41) is 25.5. The molecule has 0 aliphatic carbocycles. The molecule has 0 aliphatic heterocycles. The monoisotopic (exact) mass is 224 g/mol. The molecule has 0 aliphatic rings. The number of carbonyl (C=O) groups is 1. The van der Waals surface area contributed by atoms with Crippen molar-refractivity contribution in [1.29, 1.82) is 0 Å². The van der Waals surface area contributed by atoms with Gasteiger partial charge in [0.2, 0.25) is 0 Å². The van der Waals surface area contributed by atoms with E-state index in [1.165, 1.54) is 24.3 Å². The van der Waals surface area contributed by atoms with Crippen LogP contribution in [0.5, 0.6) is 5.75 Å². The number of aromatic carboxylic acids is 1. The maximum absolute atomic E-state index is 10.6. The van der Waals surface area contributed by atoms with Crippen molar-refractivity contribution in [3.8, 4) is 5.75 Å². The fraction of sp³-hybridized carbons (Fsp3) is 0. The van der Waals surface area contributed by atoms with Crippen molar-refractivity contribution in [1.82, 2.24) is 0 Å². The topological polar surface area (TPSA) is 87.0 Å². The third-order valence-electron chi connectivity index (χ3n) is 1.35. The van der Waals surface area contributed by atoms with Crippen LogP contribution in [-0.2, 0) is 0 Å². The molecule has 0 heterocycles. The number of hydrogen-bond acceptors (Lipinski definition) is 4. The molecule has 5 nitrogen and oxygen atoms in total. The fourth-order valence-electron chi connectivity index (χ4n) is 0.860. The zero-order chi connectivity index (χ0) is 9.84. The standard InChI is InChI=1S/C7H7BO5.Ca.2H/c9-7(10)5-3-1-2-4-6(5)13-8(11)12;;;/h1-4,11-12H,(H,9,10);;;. The summed E-state index contributed by atoms with van der Waals surface area (Å²) in [4.78, 5) is 10.6. The molecule has 0 radical (unpaired) electrons. The van der Waals surface area contributed by atoms with E-state index in [-0.39, 0.29) is 49.1 Å². The van der Waals surface area contributed by atoms with E-state index in [2.05, 4.69) is 4.65 Å². The Morgan fingerprint density at radius 2 is 1.86 bits per heavy atom. The predicted octanol–water partition coefficient (Wildman–Crippen LogP) is -1.18. The van der Waals surface area contributed by atoms with E-state index in [9.17, 15) is 4.79 Å². The van der Waals surface area contributed by atoms with Crippen LogP contribution in [0.25, 0.3) is 0 Å². The van der Waals surface area contributed by atoms with Crippen LogP contribution in [0.4, 0.5) is 0 Å². The number of hydrogen-bond donors (Lipinski definition) is 3. The summed E-state index contributed by atoms with van der Waals surface area (Å²) in [7, 11) is -2.01. The Morgan fingerprint density at radius 1 is 1.29 bits per heavy atom. The second kappa shape index (κ2) is 6.26. The molecule has 0 saturated heterocycles. The van der Waals surface area contributed by atoms with Crippen molar-refractivity contribution in [2.24, 2.45) is 0 Å². The fourth-order valence-corrected chi connectivity index (χ4v) is 0.860. The molecule has 0 aromatic heterocycles. The summed E-state index contributed by atoms with van der Waals surface area (Å²) in [6.45, 7) is 0. The molecule has 0 fully saturated rings. The van der Waals surface area contributed by atoms with Crippen molar-refractivity contribution in [2.75, 3.05) is 0 Å². The second-order valence-corrected chi connectivity index (χ2v) is 2.25. The quantitative estimate of drug-likeness (QED) is 0.562. The molecule has 7 heteroatoms. The molecule has 1 aromatic rings. The normalized spacial score (nSPS) is 8.71. The van der Waals surface area contributed by atoms with Crippen LogP contribution in [0.3, 0.4) is 0 Å². The first-order chi connectivity index (χ1) is 6.11. The van der Waals surface area contributed by atoms with Crippen LogP contribution < -0.4 is 4.65 Å². The average Bonchev–Trinajstić information content (AvgIpc) is 2.03. The molecule has 0 amide bonds. The van der Waals surface area contributed by atoms with Gasteiger partial charge in [-0.25, -0.2) is 4.79 Å². The van der Waals surface area contributed by atoms with Gasteiger partial charge in [-0.1, -0.05) is 12.1 Å². The summed E-state index contributed by atoms with van der Waals surface area (Å²) in [5.41, 5.74) is -0.115. The van der Waals surface area contributed by atoms with E-state index in [0.29, 0.717) is 0 Å². The molecule has 1 rings (SSSR count). The van der Waals surface area contributed by atoms with E-state index in [4.69, 9.17) is 15.2 Å². The van der Waals surface area contributed by atoms with Gasteiger partial charge < -0.3 is 19.8 Å². The molecule has 0 atom stereocenters. The van der Waals surface area contributed by atoms with Crippen LogP contribution in [0.2, 0.25) is 0 Å². The Hall–Kier alpha value is -0.265. The Balaban J connectivity index is 0.00000169. The molecule has 3 N–H and O–H groups in total. The maximum atomic E-state index is 10.6. The van der Waals surface area contributed by atoms with Crippen molar-refractivity contribution >= 4 is 51.0 Å². The Labute approximate surface area is 110 Å². The molecule has 0 unspecified atom stereocenters. The minimum absolute atomic E-state index is 0. The Bertz CT molecular complexity index is 317. The summed E-state index contributed by atoms with van der Waals surface area (Å²) in [6.07, 6.45) is 0. The third kappa shape index (κ3) is 3.85. The van der Waals surface area contributed by atoms with Crippen LogP contribution in [-0.4, -0.2) is 66.2 Å². The van der Waals surface area contributed by atoms with Crippen molar-refractivity contribution in [3.63, 3.8) is 0 Å². The SMILES string of the molecule is O=C(O)c1ccccc1OB(O)O.[CaH2]. The van der Waals surface area contributed by atoms with Crippen LogP contribution in [0, 0.1) is 0 Å². The number of rotatable bonds is 3. The third-order valence-corrected chi connectivity index (χ3v) is 1.35. The summed E-state index contributed by atoms with van der Waals surface area (Å²) >= 11 is 0. The molecule has 0 saturated carbocycles. The Morgan fingerprint density at radius 3 is 2.36 bits per heavy atom. The molecular weight excluding hydrogens is 215 g/mol. The molecule has 72 valence electrons. The summed E-state index contributed by atoms with van der Waals surface area (Å²) in [6, 6.07) is 5.69. The number of benzene rings is 1. The molecular formula is C7H9BCaO5. The van der Waals surface area contributed by atoms with E-state index >= 15 is 0 Å². The van der Waals surface area contributed by atoms with Crippen molar-refractivity contribution < 1.29 is 24.6 Å². The van der Waals surface area contributed by atoms with Gasteiger partial charge >= 0.3 is 51.0 Å². The number of carboxylic acid groups (broad SMARTS) is 1. The first-order valence-corrected chi connectivity index (χ1v) is 3.46. The summed E-state index contributed by atoms with van der Waals surface area (Å²) < 4.78 is 4.44. The molecule has 0 spiro atoms. The predicted molar refractivity (Wildman–Crippen MR) is 52.8 cm³/mol. The van der Waals surface area contributed by atoms with Crippen molar-refractivity contribution in [2.45, 2.75) is 0 Å². The zero-order valence-corrected chi connectivity index (χ0v) is 6.54. The number of carboxylic acids is 1. The van der Waals surface area contributed by atoms with E-state index in [1.807, 2.05) is 0 Å². The first-order valence-electron chi connectivity index (χ1n) is 3.46. The van der Waals surface area contributed by atoms with Gasteiger partial charge in [-0.3, -0.25) is 0 Å². The van der Waals surface area contributed by atoms with Crippen molar-refractivity contribution in [3.05, 3.63) is 29.8 Å². The molecule has 0 bridgehead atoms. The second-order valence-electron chi connectivity index (χ2n) is 2.25. The van der Waals surface area contributed by atoms with Gasteiger partial charge in [0.15, 0.2) is 0 Å². The van der Waals surface area contributed by atoms with Gasteiger partial charge in [-0.05, 0) is 12.1 Å². The van der Waals surface area contributed by atoms with Crippen LogP contribution in [0.1, 0.15) is 10.4 Å². The van der Waals surface area contributed by atoms with E-state index in [1.54, 1.807) is 0 Å². The minimum atomic E-state index is -2.01. The summed E-state index contributed by atoms with van der Waals surface area (Å²) in [5.74, 6) is -1.26. The molecule has 1 aromatic carbocycles. The zero-order valence-electron chi connectivity index (χ0n) is 6.54. The van der Waals surface area contributed by atoms with Gasteiger partial charge in [0.25, 0.3) is 0 Å². The van der Waals surface area contributed by atoms with Gasteiger partial charge in [0.1, 0.15) is 5.75 Å². The van der Waals surface area contributed by atoms with Gasteiger partial charge in [-0.15, -0.1) is 0 Å². The van der Waals surface area contributed by atoms with Gasteiger partial charge in [0, 0.05) is 0 Å². The van der Waals surface area contributed by atoms with E-state index in [0.717, 1.165) is 0 Å². The van der Waals surface area contributed by atoms with E-state index < -0.39 is 13.3 Å². The van der Waals surface area contributed by atoms with Crippen LogP contribution in [0.15, 0.2) is 24.3 Å². The van der Waals surface area contributed by atoms with Gasteiger partial charge in [0.05, 0.1) is 5.56 Å².